The number of aromatic nitrogens is 2. The van der Waals surface area contributed by atoms with Crippen LogP contribution >= 0.6 is 23.1 Å². The molecule has 1 aromatic heterocycles. The number of anilines is 1. The van der Waals surface area contributed by atoms with E-state index in [2.05, 4.69) is 53.6 Å². The molecular formula is C18H23N3OS2. The average molecular weight is 362 g/mol. The number of nitrogens with zero attached hydrogens (tertiary/aromatic N) is 2. The summed E-state index contributed by atoms with van der Waals surface area (Å²) in [4.78, 5) is 12.1. The molecule has 4 nitrogen and oxygen atoms in total. The highest BCUT2D eigenvalue weighted by Crippen LogP contribution is 2.30. The van der Waals surface area contributed by atoms with E-state index in [1.54, 1.807) is 11.8 Å². The normalized spacial score (nSPS) is 15.1. The molecule has 1 saturated carbocycles. The summed E-state index contributed by atoms with van der Waals surface area (Å²) in [6.07, 6.45) is 4.31. The van der Waals surface area contributed by atoms with Gasteiger partial charge in [0.2, 0.25) is 11.0 Å². The summed E-state index contributed by atoms with van der Waals surface area (Å²) >= 11 is 3.12. The van der Waals surface area contributed by atoms with Crippen molar-refractivity contribution in [3.8, 4) is 0 Å². The van der Waals surface area contributed by atoms with Crippen molar-refractivity contribution in [1.29, 1.82) is 0 Å². The molecule has 3 rings (SSSR count). The Morgan fingerprint density at radius 3 is 2.62 bits per heavy atom. The van der Waals surface area contributed by atoms with Gasteiger partial charge in [-0.3, -0.25) is 4.79 Å². The van der Waals surface area contributed by atoms with Crippen LogP contribution in [-0.2, 0) is 10.5 Å². The number of carbonyl (C=O) groups is 1. The van der Waals surface area contributed by atoms with Crippen LogP contribution in [0.1, 0.15) is 56.6 Å². The fourth-order valence-electron chi connectivity index (χ4n) is 2.86. The van der Waals surface area contributed by atoms with Crippen LogP contribution in [0, 0.1) is 5.92 Å². The van der Waals surface area contributed by atoms with Gasteiger partial charge < -0.3 is 5.32 Å². The second-order valence-electron chi connectivity index (χ2n) is 6.53. The quantitative estimate of drug-likeness (QED) is 0.575. The zero-order valence-electron chi connectivity index (χ0n) is 14.1. The molecule has 1 N–H and O–H groups in total. The number of amides is 1. The second kappa shape index (κ2) is 8.12. The molecule has 1 aliphatic rings. The van der Waals surface area contributed by atoms with Crippen LogP contribution in [0.25, 0.3) is 0 Å². The van der Waals surface area contributed by atoms with Crippen LogP contribution in [0.2, 0.25) is 0 Å². The summed E-state index contributed by atoms with van der Waals surface area (Å²) in [5.41, 5.74) is 2.63. The highest BCUT2D eigenvalue weighted by Gasteiger charge is 2.23. The third kappa shape index (κ3) is 4.57. The van der Waals surface area contributed by atoms with Gasteiger partial charge in [0.05, 0.1) is 0 Å². The number of hydrogen-bond acceptors (Lipinski definition) is 5. The highest BCUT2D eigenvalue weighted by atomic mass is 32.2. The Balaban J connectivity index is 1.51. The summed E-state index contributed by atoms with van der Waals surface area (Å²) < 4.78 is 0.893. The van der Waals surface area contributed by atoms with Crippen molar-refractivity contribution in [2.75, 3.05) is 5.32 Å². The molecule has 0 spiro atoms. The Bertz CT molecular complexity index is 676. The van der Waals surface area contributed by atoms with E-state index in [0.29, 0.717) is 11.0 Å². The van der Waals surface area contributed by atoms with Crippen LogP contribution in [0.3, 0.4) is 0 Å². The lowest BCUT2D eigenvalue weighted by molar-refractivity contribution is -0.119. The molecule has 1 aliphatic carbocycles. The topological polar surface area (TPSA) is 54.9 Å². The number of rotatable bonds is 6. The number of thioether (sulfide) groups is 1. The van der Waals surface area contributed by atoms with Crippen LogP contribution in [0.15, 0.2) is 28.6 Å². The van der Waals surface area contributed by atoms with E-state index in [1.165, 1.54) is 22.5 Å². The molecule has 1 fully saturated rings. The average Bonchev–Trinajstić information content (AvgIpc) is 3.25. The van der Waals surface area contributed by atoms with E-state index in [-0.39, 0.29) is 11.8 Å². The first kappa shape index (κ1) is 17.4. The van der Waals surface area contributed by atoms with Crippen molar-refractivity contribution in [2.24, 2.45) is 5.92 Å². The number of carbonyl (C=O) groups excluding carboxylic acids is 1. The van der Waals surface area contributed by atoms with Gasteiger partial charge in [0.15, 0.2) is 4.34 Å². The van der Waals surface area contributed by atoms with E-state index in [1.807, 2.05) is 0 Å². The van der Waals surface area contributed by atoms with Gasteiger partial charge in [-0.25, -0.2) is 0 Å². The summed E-state index contributed by atoms with van der Waals surface area (Å²) in [6.45, 7) is 4.40. The molecule has 0 saturated heterocycles. The zero-order valence-corrected chi connectivity index (χ0v) is 15.8. The lowest BCUT2D eigenvalue weighted by Crippen LogP contribution is -2.20. The number of nitrogens with one attached hydrogen (secondary N) is 1. The third-order valence-corrected chi connectivity index (χ3v) is 6.41. The molecule has 1 amide bonds. The summed E-state index contributed by atoms with van der Waals surface area (Å²) in [6, 6.07) is 8.72. The molecule has 0 bridgehead atoms. The standard InChI is InChI=1S/C18H23N3OS2/c1-12(2)14-9-7-13(8-10-14)11-23-18-21-20-17(24-18)19-16(22)15-5-3-4-6-15/h7-10,12,15H,3-6,11H2,1-2H3,(H,19,20,22). The van der Waals surface area contributed by atoms with Crippen LogP contribution in [0.4, 0.5) is 5.13 Å². The molecule has 0 atom stereocenters. The fraction of sp³-hybridized carbons (Fsp3) is 0.500. The Labute approximate surface area is 151 Å². The first-order chi connectivity index (χ1) is 11.6. The van der Waals surface area contributed by atoms with Crippen molar-refractivity contribution in [1.82, 2.24) is 10.2 Å². The van der Waals surface area contributed by atoms with E-state index < -0.39 is 0 Å². The molecule has 128 valence electrons. The van der Waals surface area contributed by atoms with E-state index >= 15 is 0 Å². The second-order valence-corrected chi connectivity index (χ2v) is 8.73. The van der Waals surface area contributed by atoms with E-state index in [4.69, 9.17) is 0 Å². The van der Waals surface area contributed by atoms with Gasteiger partial charge in [-0.15, -0.1) is 10.2 Å². The Kier molecular flexibility index (Phi) is 5.89. The van der Waals surface area contributed by atoms with Crippen LogP contribution < -0.4 is 5.32 Å². The Morgan fingerprint density at radius 1 is 1.25 bits per heavy atom. The van der Waals surface area contributed by atoms with Gasteiger partial charge in [-0.1, -0.05) is 74.1 Å². The first-order valence-corrected chi connectivity index (χ1v) is 10.3. The lowest BCUT2D eigenvalue weighted by atomic mass is 10.0. The maximum atomic E-state index is 12.1. The lowest BCUT2D eigenvalue weighted by Gasteiger charge is -2.06. The highest BCUT2D eigenvalue weighted by molar-refractivity contribution is 8.00. The fourth-order valence-corrected chi connectivity index (χ4v) is 4.57. The smallest absolute Gasteiger partial charge is 0.229 e. The Morgan fingerprint density at radius 2 is 1.96 bits per heavy atom. The van der Waals surface area contributed by atoms with Crippen LogP contribution in [-0.4, -0.2) is 16.1 Å². The number of hydrogen-bond donors (Lipinski definition) is 1. The molecule has 24 heavy (non-hydrogen) atoms. The van der Waals surface area contributed by atoms with Crippen LogP contribution in [0.5, 0.6) is 0 Å². The monoisotopic (exact) mass is 361 g/mol. The summed E-state index contributed by atoms with van der Waals surface area (Å²) in [7, 11) is 0. The van der Waals surface area contributed by atoms with Gasteiger partial charge in [-0.2, -0.15) is 0 Å². The van der Waals surface area contributed by atoms with Crippen molar-refractivity contribution >= 4 is 34.1 Å². The minimum atomic E-state index is 0.101. The SMILES string of the molecule is CC(C)c1ccc(CSc2nnc(NC(=O)C3CCCC3)s2)cc1. The van der Waals surface area contributed by atoms with E-state index in [0.717, 1.165) is 35.8 Å². The molecule has 0 aliphatic heterocycles. The van der Waals surface area contributed by atoms with Gasteiger partial charge >= 0.3 is 0 Å². The van der Waals surface area contributed by atoms with Crippen molar-refractivity contribution in [2.45, 2.75) is 55.5 Å². The Hall–Kier alpha value is -1.40. The van der Waals surface area contributed by atoms with Crippen molar-refractivity contribution in [3.63, 3.8) is 0 Å². The zero-order chi connectivity index (χ0) is 16.9. The molecule has 0 radical (unpaired) electrons. The molecule has 6 heteroatoms. The molecule has 1 heterocycles. The number of benzene rings is 1. The van der Waals surface area contributed by atoms with Gasteiger partial charge in [0, 0.05) is 11.7 Å². The van der Waals surface area contributed by atoms with Gasteiger partial charge in [-0.05, 0) is 29.9 Å². The van der Waals surface area contributed by atoms with Gasteiger partial charge in [0.1, 0.15) is 0 Å². The predicted octanol–water partition coefficient (Wildman–Crippen LogP) is 5.08. The molecular weight excluding hydrogens is 338 g/mol. The van der Waals surface area contributed by atoms with E-state index in [9.17, 15) is 4.79 Å². The summed E-state index contributed by atoms with van der Waals surface area (Å²) in [5, 5.41) is 11.8. The van der Waals surface area contributed by atoms with Crippen molar-refractivity contribution < 1.29 is 4.79 Å². The van der Waals surface area contributed by atoms with Gasteiger partial charge in [0.25, 0.3) is 0 Å². The molecule has 0 unspecified atom stereocenters. The first-order valence-electron chi connectivity index (χ1n) is 8.48. The maximum absolute atomic E-state index is 12.1. The minimum Gasteiger partial charge on any atom is -0.300 e. The largest absolute Gasteiger partial charge is 0.300 e. The van der Waals surface area contributed by atoms with Crippen molar-refractivity contribution in [3.05, 3.63) is 35.4 Å². The molecule has 2 aromatic rings. The predicted molar refractivity (Wildman–Crippen MR) is 101 cm³/mol. The third-order valence-electron chi connectivity index (χ3n) is 4.37. The summed E-state index contributed by atoms with van der Waals surface area (Å²) in [5.74, 6) is 1.68. The minimum absolute atomic E-state index is 0.101. The maximum Gasteiger partial charge on any atom is 0.229 e. The molecule has 1 aromatic carbocycles.